The van der Waals surface area contributed by atoms with E-state index in [2.05, 4.69) is 57.9 Å². The highest BCUT2D eigenvalue weighted by Gasteiger charge is 2.63. The molecule has 3 rings (SSSR count). The number of nitrogens with one attached hydrogen (secondary N) is 1. The van der Waals surface area contributed by atoms with E-state index in [1.165, 1.54) is 4.90 Å². The van der Waals surface area contributed by atoms with Crippen LogP contribution in [-0.4, -0.2) is 56.5 Å². The summed E-state index contributed by atoms with van der Waals surface area (Å²) in [7, 11) is -2.36. The van der Waals surface area contributed by atoms with E-state index < -0.39 is 52.9 Å². The first-order valence-corrected chi connectivity index (χ1v) is 17.8. The maximum Gasteiger partial charge on any atom is 0.342 e. The van der Waals surface area contributed by atoms with Crippen LogP contribution in [-0.2, 0) is 25.2 Å². The van der Waals surface area contributed by atoms with E-state index in [9.17, 15) is 18.9 Å². The second kappa shape index (κ2) is 12.4. The Morgan fingerprint density at radius 2 is 1.69 bits per heavy atom. The van der Waals surface area contributed by atoms with Crippen molar-refractivity contribution in [2.75, 3.05) is 5.33 Å². The minimum absolute atomic E-state index is 0.156. The fourth-order valence-corrected chi connectivity index (χ4v) is 13.1. The van der Waals surface area contributed by atoms with Crippen LogP contribution < -0.4 is 5.32 Å². The van der Waals surface area contributed by atoms with Gasteiger partial charge in [-0.25, -0.2) is 4.79 Å². The van der Waals surface area contributed by atoms with Gasteiger partial charge in [0.05, 0.1) is 0 Å². The second-order valence-electron chi connectivity index (χ2n) is 8.89. The number of β-lactam (4-membered cyclic amide) rings is 1. The Labute approximate surface area is 228 Å². The number of hydrogen-bond donors (Lipinski definition) is 1. The third kappa shape index (κ3) is 5.74. The molecule has 2 amide bonds. The van der Waals surface area contributed by atoms with E-state index >= 15 is 0 Å². The minimum Gasteiger partial charge on any atom is -0.614 e. The maximum absolute atomic E-state index is 13.7. The number of nitrogens with zero attached hydrogens (tertiary/aromatic N) is 1. The average molecular weight is 648 g/mol. The van der Waals surface area contributed by atoms with Gasteiger partial charge >= 0.3 is 5.97 Å². The molecule has 1 saturated heterocycles. The summed E-state index contributed by atoms with van der Waals surface area (Å²) < 4.78 is 19.0. The number of carbonyl (C=O) groups excluding carboxylic acids is 3. The smallest absolute Gasteiger partial charge is 0.342 e. The van der Waals surface area contributed by atoms with Crippen LogP contribution >= 0.6 is 31.9 Å². The molecule has 1 fully saturated rings. The van der Waals surface area contributed by atoms with Gasteiger partial charge in [-0.15, -0.1) is 0 Å². The zero-order valence-electron chi connectivity index (χ0n) is 20.2. The Morgan fingerprint density at radius 1 is 1.11 bits per heavy atom. The third-order valence-corrected chi connectivity index (χ3v) is 15.2. The summed E-state index contributed by atoms with van der Waals surface area (Å²) in [6.07, 6.45) is 2.77. The highest BCUT2D eigenvalue weighted by molar-refractivity contribution is 9.11. The second-order valence-corrected chi connectivity index (χ2v) is 16.7. The van der Waals surface area contributed by atoms with Crippen LogP contribution in [0.1, 0.15) is 50.4 Å². The first-order chi connectivity index (χ1) is 16.7. The van der Waals surface area contributed by atoms with Gasteiger partial charge in [-0.2, -0.15) is 0 Å². The Morgan fingerprint density at radius 3 is 2.20 bits per heavy atom. The van der Waals surface area contributed by atoms with Gasteiger partial charge < -0.3 is 14.3 Å². The Balaban J connectivity index is 1.91. The third-order valence-electron chi connectivity index (χ3n) is 6.39. The Bertz CT molecular complexity index is 963. The van der Waals surface area contributed by atoms with Gasteiger partial charge in [-0.1, -0.05) is 74.2 Å². The molecule has 35 heavy (non-hydrogen) atoms. The number of halogens is 2. The van der Waals surface area contributed by atoms with Crippen molar-refractivity contribution in [2.24, 2.45) is 0 Å². The van der Waals surface area contributed by atoms with Gasteiger partial charge in [-0.3, -0.25) is 14.5 Å². The molecule has 0 aromatic heterocycles. The molecule has 7 nitrogen and oxygen atoms in total. The molecule has 1 N–H and O–H groups in total. The van der Waals surface area contributed by atoms with Crippen LogP contribution in [0.2, 0.25) is 18.1 Å². The molecule has 4 atom stereocenters. The van der Waals surface area contributed by atoms with Gasteiger partial charge in [0.15, 0.2) is 10.2 Å². The molecule has 1 aromatic rings. The van der Waals surface area contributed by atoms with E-state index in [4.69, 9.17) is 4.43 Å². The number of amides is 2. The Kier molecular flexibility index (Phi) is 10.1. The van der Waals surface area contributed by atoms with Crippen LogP contribution in [0, 0.1) is 0 Å². The molecule has 0 aliphatic carbocycles. The van der Waals surface area contributed by atoms with E-state index in [0.717, 1.165) is 37.4 Å². The predicted molar refractivity (Wildman–Crippen MR) is 147 cm³/mol. The molecular weight excluding hydrogens is 616 g/mol. The first kappa shape index (κ1) is 28.4. The topological polar surface area (TPSA) is 98.8 Å². The van der Waals surface area contributed by atoms with E-state index in [-0.39, 0.29) is 11.0 Å². The lowest BCUT2D eigenvalue weighted by Crippen LogP contribution is -2.75. The van der Waals surface area contributed by atoms with Crippen molar-refractivity contribution in [3.63, 3.8) is 0 Å². The normalized spacial score (nSPS) is 24.1. The molecule has 0 saturated carbocycles. The molecule has 0 spiro atoms. The number of carbonyl (C=O) groups is 3. The lowest BCUT2D eigenvalue weighted by molar-refractivity contribution is -0.148. The summed E-state index contributed by atoms with van der Waals surface area (Å²) in [6, 6.07) is 10.2. The van der Waals surface area contributed by atoms with Crippen molar-refractivity contribution in [1.82, 2.24) is 10.2 Å². The molecule has 2 heterocycles. The predicted octanol–water partition coefficient (Wildman–Crippen LogP) is 4.80. The first-order valence-electron chi connectivity index (χ1n) is 12.0. The quantitative estimate of drug-likeness (QED) is 0.161. The van der Waals surface area contributed by atoms with E-state index in [1.54, 1.807) is 30.3 Å². The fraction of sp³-hybridized carbons (Fsp3) is 0.542. The fourth-order valence-electron chi connectivity index (χ4n) is 4.90. The summed E-state index contributed by atoms with van der Waals surface area (Å²) in [5, 5.41) is 2.13. The molecule has 1 aromatic carbocycles. The SMILES string of the molecule is CCC[Si](CCC)(CCC)OC(=O)C1=C(CBr)C(Br)[S+]([O-])[C@H]2C(NC(=O)c3ccccc3)C(=O)N12. The van der Waals surface area contributed by atoms with Crippen molar-refractivity contribution in [3.8, 4) is 0 Å². The zero-order valence-corrected chi connectivity index (χ0v) is 25.2. The van der Waals surface area contributed by atoms with Crippen LogP contribution in [0.3, 0.4) is 0 Å². The van der Waals surface area contributed by atoms with Crippen LogP contribution in [0.4, 0.5) is 0 Å². The van der Waals surface area contributed by atoms with Gasteiger partial charge in [0, 0.05) is 16.5 Å². The summed E-state index contributed by atoms with van der Waals surface area (Å²) >= 11 is 5.32. The summed E-state index contributed by atoms with van der Waals surface area (Å²) in [4.78, 5) is 40.9. The average Bonchev–Trinajstić information content (AvgIpc) is 2.84. The highest BCUT2D eigenvalue weighted by atomic mass is 79.9. The monoisotopic (exact) mass is 646 g/mol. The van der Waals surface area contributed by atoms with Crippen molar-refractivity contribution >= 4 is 69.1 Å². The minimum atomic E-state index is -2.36. The van der Waals surface area contributed by atoms with E-state index in [0.29, 0.717) is 11.1 Å². The number of rotatable bonds is 11. The largest absolute Gasteiger partial charge is 0.614 e. The standard InChI is InChI=1S/C24H32Br2N2O5SSi/c1-4-12-35(13-5-2,14-6-3)33-24(31)19-17(15-25)20(26)34(32)23-18(22(30)28(19)23)27-21(29)16-10-8-7-9-11-16/h7-11,18,20,23H,4-6,12-15H2,1-3H3,(H,27,29)/t18?,20?,23-,34?/m0/s1. The molecule has 192 valence electrons. The van der Waals surface area contributed by atoms with Gasteiger partial charge in [0.2, 0.25) is 5.37 Å². The lowest BCUT2D eigenvalue weighted by atomic mass is 10.0. The van der Waals surface area contributed by atoms with Gasteiger partial charge in [-0.05, 0) is 57.4 Å². The Hall–Kier alpha value is -1.14. The van der Waals surface area contributed by atoms with E-state index in [1.807, 2.05) is 0 Å². The van der Waals surface area contributed by atoms with Crippen LogP contribution in [0.5, 0.6) is 0 Å². The van der Waals surface area contributed by atoms with Crippen molar-refractivity contribution < 1.29 is 23.4 Å². The lowest BCUT2D eigenvalue weighted by Gasteiger charge is -2.50. The van der Waals surface area contributed by atoms with Crippen LogP contribution in [0.15, 0.2) is 41.6 Å². The molecule has 11 heteroatoms. The highest BCUT2D eigenvalue weighted by Crippen LogP contribution is 2.44. The van der Waals surface area contributed by atoms with Crippen molar-refractivity contribution in [2.45, 2.75) is 73.7 Å². The number of alkyl halides is 2. The van der Waals surface area contributed by atoms with Crippen LogP contribution in [0.25, 0.3) is 0 Å². The van der Waals surface area contributed by atoms with Gasteiger partial charge in [0.1, 0.15) is 5.70 Å². The number of fused-ring (bicyclic) bond motifs is 1. The summed E-state index contributed by atoms with van der Waals surface area (Å²) in [6.45, 7) is 6.28. The molecule has 3 unspecified atom stereocenters. The van der Waals surface area contributed by atoms with Crippen molar-refractivity contribution in [3.05, 3.63) is 47.2 Å². The van der Waals surface area contributed by atoms with Gasteiger partial charge in [0.25, 0.3) is 20.1 Å². The number of benzene rings is 1. The zero-order chi connectivity index (χ0) is 25.8. The molecule has 0 radical (unpaired) electrons. The molecule has 2 aliphatic heterocycles. The van der Waals surface area contributed by atoms with Crippen molar-refractivity contribution in [1.29, 1.82) is 0 Å². The molecule has 2 aliphatic rings. The number of hydrogen-bond acceptors (Lipinski definition) is 5. The maximum atomic E-state index is 13.7. The summed E-state index contributed by atoms with van der Waals surface area (Å²) in [5.74, 6) is -1.40. The molecule has 0 bridgehead atoms. The summed E-state index contributed by atoms with van der Waals surface area (Å²) in [5.41, 5.74) is 1.09. The molecular formula is C24H32Br2N2O5SSi.